The predicted molar refractivity (Wildman–Crippen MR) is 92.2 cm³/mol. The van der Waals surface area contributed by atoms with Crippen LogP contribution in [0.4, 0.5) is 10.1 Å². The molecule has 1 N–H and O–H groups in total. The molecule has 0 aliphatic carbocycles. The summed E-state index contributed by atoms with van der Waals surface area (Å²) in [5.74, 6) is -0.806. The van der Waals surface area contributed by atoms with E-state index < -0.39 is 15.7 Å². The molecule has 0 bridgehead atoms. The van der Waals surface area contributed by atoms with E-state index in [9.17, 15) is 17.6 Å². The van der Waals surface area contributed by atoms with Gasteiger partial charge >= 0.3 is 0 Å². The van der Waals surface area contributed by atoms with Crippen LogP contribution in [0.2, 0.25) is 0 Å². The van der Waals surface area contributed by atoms with Crippen LogP contribution < -0.4 is 5.32 Å². The number of carbonyl (C=O) groups is 1. The summed E-state index contributed by atoms with van der Waals surface area (Å²) >= 11 is 0. The van der Waals surface area contributed by atoms with Crippen LogP contribution in [0.1, 0.15) is 31.7 Å². The highest BCUT2D eigenvalue weighted by molar-refractivity contribution is 7.91. The van der Waals surface area contributed by atoms with Crippen LogP contribution in [-0.4, -0.2) is 20.1 Å². The number of carbonyl (C=O) groups excluding carboxylic acids is 1. The van der Waals surface area contributed by atoms with Gasteiger partial charge in [-0.25, -0.2) is 12.8 Å². The molecule has 2 rings (SSSR count). The molecule has 0 saturated carbocycles. The molecule has 1 amide bonds. The lowest BCUT2D eigenvalue weighted by Gasteiger charge is -2.09. The molecule has 0 spiro atoms. The molecular formula is C18H20FNO3S. The van der Waals surface area contributed by atoms with Crippen molar-refractivity contribution in [1.29, 1.82) is 0 Å². The van der Waals surface area contributed by atoms with Gasteiger partial charge < -0.3 is 5.32 Å². The third kappa shape index (κ3) is 4.89. The second kappa shape index (κ2) is 7.57. The van der Waals surface area contributed by atoms with Gasteiger partial charge in [0.05, 0.1) is 10.6 Å². The second-order valence-electron chi connectivity index (χ2n) is 5.85. The number of halogens is 1. The van der Waals surface area contributed by atoms with Crippen molar-refractivity contribution in [2.24, 2.45) is 0 Å². The van der Waals surface area contributed by atoms with E-state index in [1.54, 1.807) is 12.1 Å². The van der Waals surface area contributed by atoms with Crippen molar-refractivity contribution < 1.29 is 17.6 Å². The van der Waals surface area contributed by atoms with Crippen LogP contribution in [0.25, 0.3) is 0 Å². The number of hydrogen-bond acceptors (Lipinski definition) is 3. The molecule has 0 aliphatic heterocycles. The van der Waals surface area contributed by atoms with Gasteiger partial charge in [0.25, 0.3) is 0 Å². The summed E-state index contributed by atoms with van der Waals surface area (Å²) in [5.41, 5.74) is 1.79. The maximum Gasteiger partial charge on any atom is 0.225 e. The highest BCUT2D eigenvalue weighted by Crippen LogP contribution is 2.18. The Kier molecular flexibility index (Phi) is 5.72. The molecule has 128 valence electrons. The molecule has 0 aromatic heterocycles. The Morgan fingerprint density at radius 3 is 2.17 bits per heavy atom. The van der Waals surface area contributed by atoms with Gasteiger partial charge in [0, 0.05) is 12.1 Å². The zero-order valence-corrected chi connectivity index (χ0v) is 14.4. The maximum atomic E-state index is 12.9. The minimum atomic E-state index is -3.61. The Labute approximate surface area is 141 Å². The first-order valence-electron chi connectivity index (χ1n) is 7.66. The zero-order valence-electron chi connectivity index (χ0n) is 13.6. The van der Waals surface area contributed by atoms with Gasteiger partial charge in [0.15, 0.2) is 9.84 Å². The summed E-state index contributed by atoms with van der Waals surface area (Å²) in [5, 5.41) is 2.68. The van der Waals surface area contributed by atoms with Crippen LogP contribution in [0.3, 0.4) is 0 Å². The van der Waals surface area contributed by atoms with Crippen LogP contribution in [0.5, 0.6) is 0 Å². The summed E-state index contributed by atoms with van der Waals surface area (Å²) in [6.07, 6.45) is -0.161. The van der Waals surface area contributed by atoms with Gasteiger partial charge in [0.2, 0.25) is 5.91 Å². The highest BCUT2D eigenvalue weighted by Gasteiger charge is 2.16. The number of sulfone groups is 1. The molecule has 24 heavy (non-hydrogen) atoms. The Balaban J connectivity index is 1.93. The molecular weight excluding hydrogens is 329 g/mol. The summed E-state index contributed by atoms with van der Waals surface area (Å²) < 4.78 is 37.1. The molecule has 0 heterocycles. The minimum Gasteiger partial charge on any atom is -0.326 e. The lowest BCUT2D eigenvalue weighted by molar-refractivity contribution is -0.115. The number of anilines is 1. The Bertz CT molecular complexity index is 797. The standard InChI is InChI=1S/C18H20FNO3S/c1-13(2)14-3-7-16(8-4-14)20-18(21)11-12-24(22,23)17-9-5-15(19)6-10-17/h3-10,13H,11-12H2,1-2H3,(H,20,21). The Morgan fingerprint density at radius 2 is 1.62 bits per heavy atom. The predicted octanol–water partition coefficient (Wildman–Crippen LogP) is 3.75. The van der Waals surface area contributed by atoms with Crippen molar-refractivity contribution in [3.8, 4) is 0 Å². The molecule has 2 aromatic carbocycles. The molecule has 0 aliphatic rings. The van der Waals surface area contributed by atoms with E-state index in [0.717, 1.165) is 17.7 Å². The molecule has 0 atom stereocenters. The van der Waals surface area contributed by atoms with E-state index in [-0.39, 0.29) is 23.0 Å². The smallest absolute Gasteiger partial charge is 0.225 e. The lowest BCUT2D eigenvalue weighted by atomic mass is 10.0. The number of rotatable bonds is 6. The van der Waals surface area contributed by atoms with Gasteiger partial charge in [-0.05, 0) is 47.9 Å². The number of hydrogen-bond donors (Lipinski definition) is 1. The first kappa shape index (κ1) is 18.1. The SMILES string of the molecule is CC(C)c1ccc(NC(=O)CCS(=O)(=O)c2ccc(F)cc2)cc1. The van der Waals surface area contributed by atoms with E-state index in [4.69, 9.17) is 0 Å². The zero-order chi connectivity index (χ0) is 17.7. The third-order valence-corrected chi connectivity index (χ3v) is 5.36. The molecule has 2 aromatic rings. The molecule has 0 unspecified atom stereocenters. The quantitative estimate of drug-likeness (QED) is 0.808. The highest BCUT2D eigenvalue weighted by atomic mass is 32.2. The van der Waals surface area contributed by atoms with E-state index in [2.05, 4.69) is 19.2 Å². The van der Waals surface area contributed by atoms with Crippen LogP contribution in [-0.2, 0) is 14.6 Å². The van der Waals surface area contributed by atoms with E-state index in [1.807, 2.05) is 12.1 Å². The molecule has 0 radical (unpaired) electrons. The van der Waals surface area contributed by atoms with Crippen molar-refractivity contribution in [3.63, 3.8) is 0 Å². The summed E-state index contributed by atoms with van der Waals surface area (Å²) in [4.78, 5) is 11.9. The van der Waals surface area contributed by atoms with E-state index in [0.29, 0.717) is 11.6 Å². The fourth-order valence-corrected chi connectivity index (χ4v) is 3.40. The first-order chi connectivity index (χ1) is 11.3. The van der Waals surface area contributed by atoms with Gasteiger partial charge in [-0.2, -0.15) is 0 Å². The summed E-state index contributed by atoms with van der Waals surface area (Å²) in [6, 6.07) is 12.0. The van der Waals surface area contributed by atoms with Crippen LogP contribution >= 0.6 is 0 Å². The first-order valence-corrected chi connectivity index (χ1v) is 9.31. The van der Waals surface area contributed by atoms with Gasteiger partial charge in [-0.1, -0.05) is 26.0 Å². The fourth-order valence-electron chi connectivity index (χ4n) is 2.16. The van der Waals surface area contributed by atoms with E-state index >= 15 is 0 Å². The molecule has 0 fully saturated rings. The summed E-state index contributed by atoms with van der Waals surface area (Å²) in [6.45, 7) is 4.15. The third-order valence-electron chi connectivity index (χ3n) is 3.63. The fraction of sp³-hybridized carbons (Fsp3) is 0.278. The maximum absolute atomic E-state index is 12.9. The van der Waals surface area contributed by atoms with Crippen molar-refractivity contribution in [3.05, 3.63) is 59.9 Å². The lowest BCUT2D eigenvalue weighted by Crippen LogP contribution is -2.17. The van der Waals surface area contributed by atoms with Crippen LogP contribution in [0.15, 0.2) is 53.4 Å². The normalized spacial score (nSPS) is 11.5. The Morgan fingerprint density at radius 1 is 1.04 bits per heavy atom. The van der Waals surface area contributed by atoms with Gasteiger partial charge in [-0.3, -0.25) is 4.79 Å². The second-order valence-corrected chi connectivity index (χ2v) is 7.96. The number of benzene rings is 2. The van der Waals surface area contributed by atoms with Crippen molar-refractivity contribution in [2.75, 3.05) is 11.1 Å². The monoisotopic (exact) mass is 349 g/mol. The topological polar surface area (TPSA) is 63.2 Å². The molecule has 0 saturated heterocycles. The van der Waals surface area contributed by atoms with E-state index in [1.165, 1.54) is 12.1 Å². The number of nitrogens with one attached hydrogen (secondary N) is 1. The minimum absolute atomic E-state index is 0.0120. The molecule has 6 heteroatoms. The number of amides is 1. The Hall–Kier alpha value is -2.21. The molecule has 4 nitrogen and oxygen atoms in total. The average molecular weight is 349 g/mol. The van der Waals surface area contributed by atoms with Crippen molar-refractivity contribution >= 4 is 21.4 Å². The van der Waals surface area contributed by atoms with Crippen LogP contribution in [0, 0.1) is 5.82 Å². The van der Waals surface area contributed by atoms with Gasteiger partial charge in [0.1, 0.15) is 5.82 Å². The van der Waals surface area contributed by atoms with Gasteiger partial charge in [-0.15, -0.1) is 0 Å². The summed E-state index contributed by atoms with van der Waals surface area (Å²) in [7, 11) is -3.61. The van der Waals surface area contributed by atoms with Crippen molar-refractivity contribution in [1.82, 2.24) is 0 Å². The average Bonchev–Trinajstić information content (AvgIpc) is 2.54. The van der Waals surface area contributed by atoms with Crippen molar-refractivity contribution in [2.45, 2.75) is 31.1 Å². The largest absolute Gasteiger partial charge is 0.326 e.